The van der Waals surface area contributed by atoms with Crippen molar-refractivity contribution >= 4 is 0 Å². The highest BCUT2D eigenvalue weighted by Gasteiger charge is 2.07. The van der Waals surface area contributed by atoms with Gasteiger partial charge in [0.05, 0.1) is 6.10 Å². The number of hydrogen-bond acceptors (Lipinski definition) is 2. The molecule has 8 heavy (non-hydrogen) atoms. The minimum absolute atomic E-state index is 0.306. The first-order valence-electron chi connectivity index (χ1n) is 3.10. The van der Waals surface area contributed by atoms with Crippen LogP contribution in [0.5, 0.6) is 0 Å². The van der Waals surface area contributed by atoms with Gasteiger partial charge in [-0.25, -0.2) is 0 Å². The van der Waals surface area contributed by atoms with E-state index in [0.29, 0.717) is 12.5 Å². The standard InChI is InChI=1S/C6H15NO/c1-3-5(2)6(8)4-7/h5-6,8H,3-4,7H2,1-2H3/t5?,6-/m1/s1. The van der Waals surface area contributed by atoms with Crippen LogP contribution < -0.4 is 5.73 Å². The van der Waals surface area contributed by atoms with Gasteiger partial charge in [0.25, 0.3) is 0 Å². The first-order valence-corrected chi connectivity index (χ1v) is 3.10. The zero-order chi connectivity index (χ0) is 6.57. The van der Waals surface area contributed by atoms with E-state index in [4.69, 9.17) is 10.8 Å². The Morgan fingerprint density at radius 2 is 2.12 bits per heavy atom. The quantitative estimate of drug-likeness (QED) is 0.560. The lowest BCUT2D eigenvalue weighted by Crippen LogP contribution is -2.26. The van der Waals surface area contributed by atoms with Crippen LogP contribution in [0.4, 0.5) is 0 Å². The van der Waals surface area contributed by atoms with Crippen molar-refractivity contribution in [3.63, 3.8) is 0 Å². The molecule has 0 bridgehead atoms. The van der Waals surface area contributed by atoms with Gasteiger partial charge in [0.1, 0.15) is 0 Å². The second-order valence-corrected chi connectivity index (χ2v) is 2.19. The van der Waals surface area contributed by atoms with Crippen molar-refractivity contribution in [3.8, 4) is 0 Å². The van der Waals surface area contributed by atoms with Gasteiger partial charge in [-0.2, -0.15) is 0 Å². The van der Waals surface area contributed by atoms with Crippen molar-refractivity contribution < 1.29 is 5.11 Å². The van der Waals surface area contributed by atoms with Crippen LogP contribution >= 0.6 is 0 Å². The summed E-state index contributed by atoms with van der Waals surface area (Å²) in [5, 5.41) is 9.00. The van der Waals surface area contributed by atoms with Crippen molar-refractivity contribution in [1.29, 1.82) is 0 Å². The van der Waals surface area contributed by atoms with Gasteiger partial charge in [-0.1, -0.05) is 20.3 Å². The molecule has 2 nitrogen and oxygen atoms in total. The Balaban J connectivity index is 3.29. The third-order valence-corrected chi connectivity index (χ3v) is 1.54. The van der Waals surface area contributed by atoms with E-state index < -0.39 is 0 Å². The molecule has 0 aromatic heterocycles. The smallest absolute Gasteiger partial charge is 0.0687 e. The summed E-state index contributed by atoms with van der Waals surface area (Å²) in [4.78, 5) is 0. The number of aliphatic hydroxyl groups excluding tert-OH is 1. The van der Waals surface area contributed by atoms with E-state index in [1.165, 1.54) is 0 Å². The van der Waals surface area contributed by atoms with Gasteiger partial charge in [0, 0.05) is 6.54 Å². The molecule has 0 aliphatic carbocycles. The molecule has 0 spiro atoms. The van der Waals surface area contributed by atoms with Crippen LogP contribution in [0.25, 0.3) is 0 Å². The summed E-state index contributed by atoms with van der Waals surface area (Å²) in [5.74, 6) is 0.347. The number of rotatable bonds is 3. The molecule has 0 heterocycles. The van der Waals surface area contributed by atoms with E-state index in [1.807, 2.05) is 13.8 Å². The largest absolute Gasteiger partial charge is 0.392 e. The van der Waals surface area contributed by atoms with E-state index >= 15 is 0 Å². The molecule has 0 amide bonds. The highest BCUT2D eigenvalue weighted by atomic mass is 16.3. The lowest BCUT2D eigenvalue weighted by Gasteiger charge is -2.13. The SMILES string of the molecule is CCC(C)[C@H](O)CN. The topological polar surface area (TPSA) is 46.2 Å². The van der Waals surface area contributed by atoms with Crippen molar-refractivity contribution in [2.45, 2.75) is 26.4 Å². The summed E-state index contributed by atoms with van der Waals surface area (Å²) in [6, 6.07) is 0. The molecule has 0 aromatic rings. The minimum atomic E-state index is -0.306. The van der Waals surface area contributed by atoms with E-state index in [0.717, 1.165) is 6.42 Å². The Morgan fingerprint density at radius 3 is 2.25 bits per heavy atom. The number of nitrogens with two attached hydrogens (primary N) is 1. The molecular weight excluding hydrogens is 102 g/mol. The van der Waals surface area contributed by atoms with Crippen LogP contribution in [-0.2, 0) is 0 Å². The Bertz CT molecular complexity index is 48.5. The Labute approximate surface area is 50.7 Å². The molecule has 3 N–H and O–H groups in total. The average molecular weight is 117 g/mol. The summed E-state index contributed by atoms with van der Waals surface area (Å²) in [6.07, 6.45) is 0.693. The van der Waals surface area contributed by atoms with Gasteiger partial charge >= 0.3 is 0 Å². The molecule has 0 fully saturated rings. The molecule has 0 saturated heterocycles. The number of aliphatic hydroxyl groups is 1. The van der Waals surface area contributed by atoms with E-state index in [1.54, 1.807) is 0 Å². The highest BCUT2D eigenvalue weighted by molar-refractivity contribution is 4.61. The first-order chi connectivity index (χ1) is 3.72. The fourth-order valence-corrected chi connectivity index (χ4v) is 0.504. The molecule has 2 atom stereocenters. The van der Waals surface area contributed by atoms with Gasteiger partial charge in [-0.3, -0.25) is 0 Å². The Morgan fingerprint density at radius 1 is 1.62 bits per heavy atom. The molecule has 0 aliphatic rings. The van der Waals surface area contributed by atoms with Crippen LogP contribution in [0, 0.1) is 5.92 Å². The fourth-order valence-electron chi connectivity index (χ4n) is 0.504. The number of hydrogen-bond donors (Lipinski definition) is 2. The van der Waals surface area contributed by atoms with E-state index in [-0.39, 0.29) is 6.10 Å². The van der Waals surface area contributed by atoms with Crippen LogP contribution in [0.2, 0.25) is 0 Å². The molecule has 2 heteroatoms. The summed E-state index contributed by atoms with van der Waals surface area (Å²) in [5.41, 5.74) is 5.20. The third kappa shape index (κ3) is 2.28. The van der Waals surface area contributed by atoms with Crippen LogP contribution in [0.15, 0.2) is 0 Å². The molecule has 0 aromatic carbocycles. The minimum Gasteiger partial charge on any atom is -0.392 e. The van der Waals surface area contributed by atoms with E-state index in [2.05, 4.69) is 0 Å². The summed E-state index contributed by atoms with van der Waals surface area (Å²) in [7, 11) is 0. The molecule has 50 valence electrons. The van der Waals surface area contributed by atoms with Crippen molar-refractivity contribution in [2.24, 2.45) is 11.7 Å². The second-order valence-electron chi connectivity index (χ2n) is 2.19. The normalized spacial score (nSPS) is 18.0. The maximum Gasteiger partial charge on any atom is 0.0687 e. The van der Waals surface area contributed by atoms with Crippen LogP contribution in [0.1, 0.15) is 20.3 Å². The predicted molar refractivity (Wildman–Crippen MR) is 34.5 cm³/mol. The maximum atomic E-state index is 9.00. The second kappa shape index (κ2) is 3.87. The Kier molecular flexibility index (Phi) is 3.83. The molecule has 0 rings (SSSR count). The lowest BCUT2D eigenvalue weighted by atomic mass is 10.0. The molecule has 0 saturated carbocycles. The Hall–Kier alpha value is -0.0800. The zero-order valence-electron chi connectivity index (χ0n) is 5.59. The van der Waals surface area contributed by atoms with Crippen LogP contribution in [0.3, 0.4) is 0 Å². The predicted octanol–water partition coefficient (Wildman–Crippen LogP) is 0.352. The van der Waals surface area contributed by atoms with Gasteiger partial charge in [-0.15, -0.1) is 0 Å². The average Bonchev–Trinajstić information content (AvgIpc) is 1.84. The lowest BCUT2D eigenvalue weighted by molar-refractivity contribution is 0.122. The summed E-state index contributed by atoms with van der Waals surface area (Å²) < 4.78 is 0. The third-order valence-electron chi connectivity index (χ3n) is 1.54. The van der Waals surface area contributed by atoms with Gasteiger partial charge in [-0.05, 0) is 5.92 Å². The summed E-state index contributed by atoms with van der Waals surface area (Å²) >= 11 is 0. The molecular formula is C6H15NO. The molecule has 0 radical (unpaired) electrons. The van der Waals surface area contributed by atoms with E-state index in [9.17, 15) is 0 Å². The van der Waals surface area contributed by atoms with Gasteiger partial charge < -0.3 is 10.8 Å². The first kappa shape index (κ1) is 7.92. The monoisotopic (exact) mass is 117 g/mol. The summed E-state index contributed by atoms with van der Waals surface area (Å²) in [6.45, 7) is 4.43. The zero-order valence-corrected chi connectivity index (χ0v) is 5.59. The van der Waals surface area contributed by atoms with Crippen LogP contribution in [-0.4, -0.2) is 17.8 Å². The molecule has 0 aliphatic heterocycles. The van der Waals surface area contributed by atoms with Gasteiger partial charge in [0.15, 0.2) is 0 Å². The maximum absolute atomic E-state index is 9.00. The van der Waals surface area contributed by atoms with Crippen molar-refractivity contribution in [3.05, 3.63) is 0 Å². The highest BCUT2D eigenvalue weighted by Crippen LogP contribution is 2.04. The fraction of sp³-hybridized carbons (Fsp3) is 1.00. The van der Waals surface area contributed by atoms with Crippen molar-refractivity contribution in [1.82, 2.24) is 0 Å². The van der Waals surface area contributed by atoms with Crippen molar-refractivity contribution in [2.75, 3.05) is 6.54 Å². The van der Waals surface area contributed by atoms with Gasteiger partial charge in [0.2, 0.25) is 0 Å². The molecule has 1 unspecified atom stereocenters.